The van der Waals surface area contributed by atoms with Crippen molar-refractivity contribution in [1.29, 1.82) is 0 Å². The van der Waals surface area contributed by atoms with Crippen molar-refractivity contribution in [2.75, 3.05) is 38.3 Å². The summed E-state index contributed by atoms with van der Waals surface area (Å²) < 4.78 is 16.7. The molecule has 168 valence electrons. The highest BCUT2D eigenvalue weighted by Gasteiger charge is 2.34. The minimum Gasteiger partial charge on any atom is -0.381 e. The summed E-state index contributed by atoms with van der Waals surface area (Å²) in [6.45, 7) is 7.75. The Morgan fingerprint density at radius 3 is 2.87 bits per heavy atom. The highest BCUT2D eigenvalue weighted by atomic mass is 16.5. The number of hydrogen-bond donors (Lipinski definition) is 1. The van der Waals surface area contributed by atoms with Crippen LogP contribution in [0, 0.1) is 19.8 Å². The number of nitrogens with zero attached hydrogens (tertiary/aromatic N) is 3. The summed E-state index contributed by atoms with van der Waals surface area (Å²) >= 11 is 0. The predicted octanol–water partition coefficient (Wildman–Crippen LogP) is 4.04. The molecule has 2 saturated heterocycles. The van der Waals surface area contributed by atoms with Crippen molar-refractivity contribution in [1.82, 2.24) is 15.0 Å². The molecule has 0 bridgehead atoms. The number of urea groups is 1. The minimum absolute atomic E-state index is 0.134. The van der Waals surface area contributed by atoms with Crippen molar-refractivity contribution < 1.29 is 18.8 Å². The third-order valence-electron chi connectivity index (χ3n) is 6.21. The fourth-order valence-electron chi connectivity index (χ4n) is 4.11. The Hall–Kier alpha value is -2.45. The molecule has 2 aromatic rings. The van der Waals surface area contributed by atoms with Gasteiger partial charge in [-0.25, -0.2) is 4.79 Å². The van der Waals surface area contributed by atoms with Gasteiger partial charge in [-0.05, 0) is 68.7 Å². The number of anilines is 1. The van der Waals surface area contributed by atoms with Gasteiger partial charge in [0.1, 0.15) is 6.04 Å². The molecule has 0 aliphatic carbocycles. The average Bonchev–Trinajstić information content (AvgIpc) is 3.44. The summed E-state index contributed by atoms with van der Waals surface area (Å²) in [6.07, 6.45) is 4.47. The standard InChI is InChI=1S/C23H32N4O4/c1-16-5-6-19(14-17(16)2)24-23(28)27-10-3-4-20(27)22-25-21(26-31-22)9-13-30-15-18-7-11-29-12-8-18/h5-6,14,18,20H,3-4,7-13,15H2,1-2H3,(H,24,28). The number of aryl methyl sites for hydroxylation is 2. The van der Waals surface area contributed by atoms with E-state index in [1.165, 1.54) is 5.56 Å². The number of carbonyl (C=O) groups excluding carboxylic acids is 1. The van der Waals surface area contributed by atoms with Crippen LogP contribution in [0.15, 0.2) is 22.7 Å². The van der Waals surface area contributed by atoms with E-state index in [9.17, 15) is 4.79 Å². The second-order valence-corrected chi connectivity index (χ2v) is 8.51. The summed E-state index contributed by atoms with van der Waals surface area (Å²) in [5.74, 6) is 1.72. The molecule has 2 amide bonds. The number of benzene rings is 1. The van der Waals surface area contributed by atoms with E-state index >= 15 is 0 Å². The molecule has 2 fully saturated rings. The first-order valence-electron chi connectivity index (χ1n) is 11.2. The van der Waals surface area contributed by atoms with E-state index in [0.717, 1.165) is 56.8 Å². The third-order valence-corrected chi connectivity index (χ3v) is 6.21. The maximum absolute atomic E-state index is 12.9. The Bertz CT molecular complexity index is 878. The first-order valence-corrected chi connectivity index (χ1v) is 11.2. The van der Waals surface area contributed by atoms with Gasteiger partial charge in [-0.1, -0.05) is 11.2 Å². The smallest absolute Gasteiger partial charge is 0.322 e. The molecule has 8 nitrogen and oxygen atoms in total. The first kappa shape index (κ1) is 21.8. The van der Waals surface area contributed by atoms with E-state index in [1.54, 1.807) is 4.90 Å². The summed E-state index contributed by atoms with van der Waals surface area (Å²) in [5.41, 5.74) is 3.15. The molecule has 0 saturated carbocycles. The number of hydrogen-bond acceptors (Lipinski definition) is 6. The normalized spacial score (nSPS) is 19.7. The summed E-state index contributed by atoms with van der Waals surface area (Å²) in [4.78, 5) is 19.2. The monoisotopic (exact) mass is 428 g/mol. The molecule has 1 N–H and O–H groups in total. The zero-order chi connectivity index (χ0) is 21.6. The molecule has 0 radical (unpaired) electrons. The number of likely N-dealkylation sites (tertiary alicyclic amines) is 1. The van der Waals surface area contributed by atoms with Gasteiger partial charge in [0.25, 0.3) is 0 Å². The van der Waals surface area contributed by atoms with E-state index < -0.39 is 0 Å². The average molecular weight is 429 g/mol. The molecule has 2 aliphatic rings. The van der Waals surface area contributed by atoms with Gasteiger partial charge in [-0.3, -0.25) is 0 Å². The van der Waals surface area contributed by atoms with E-state index in [0.29, 0.717) is 37.2 Å². The van der Waals surface area contributed by atoms with Crippen molar-refractivity contribution in [3.05, 3.63) is 41.0 Å². The number of aromatic nitrogens is 2. The van der Waals surface area contributed by atoms with Crippen molar-refractivity contribution in [2.24, 2.45) is 5.92 Å². The molecule has 31 heavy (non-hydrogen) atoms. The molecular weight excluding hydrogens is 396 g/mol. The van der Waals surface area contributed by atoms with Crippen molar-refractivity contribution >= 4 is 11.7 Å². The molecule has 1 aromatic carbocycles. The van der Waals surface area contributed by atoms with Crippen LogP contribution in [0.4, 0.5) is 10.5 Å². The molecule has 2 aliphatic heterocycles. The number of ether oxygens (including phenoxy) is 2. The van der Waals surface area contributed by atoms with E-state index in [2.05, 4.69) is 22.4 Å². The highest BCUT2D eigenvalue weighted by Crippen LogP contribution is 2.31. The summed E-state index contributed by atoms with van der Waals surface area (Å²) in [6, 6.07) is 5.61. The predicted molar refractivity (Wildman–Crippen MR) is 116 cm³/mol. The van der Waals surface area contributed by atoms with E-state index in [1.807, 2.05) is 25.1 Å². The summed E-state index contributed by atoms with van der Waals surface area (Å²) in [7, 11) is 0. The van der Waals surface area contributed by atoms with Gasteiger partial charge in [0.15, 0.2) is 5.82 Å². The van der Waals surface area contributed by atoms with Crippen LogP contribution >= 0.6 is 0 Å². The molecule has 1 aromatic heterocycles. The van der Waals surface area contributed by atoms with Gasteiger partial charge in [-0.2, -0.15) is 4.98 Å². The second kappa shape index (κ2) is 10.2. The van der Waals surface area contributed by atoms with E-state index in [4.69, 9.17) is 14.0 Å². The van der Waals surface area contributed by atoms with Crippen LogP contribution in [0.2, 0.25) is 0 Å². The Morgan fingerprint density at radius 1 is 1.23 bits per heavy atom. The van der Waals surface area contributed by atoms with Gasteiger partial charge in [0.2, 0.25) is 5.89 Å². The van der Waals surface area contributed by atoms with Gasteiger partial charge in [-0.15, -0.1) is 0 Å². The van der Waals surface area contributed by atoms with Gasteiger partial charge in [0.05, 0.1) is 6.61 Å². The van der Waals surface area contributed by atoms with Gasteiger partial charge in [0, 0.05) is 38.5 Å². The lowest BCUT2D eigenvalue weighted by atomic mass is 10.0. The molecule has 3 heterocycles. The lowest BCUT2D eigenvalue weighted by Crippen LogP contribution is -2.34. The zero-order valence-corrected chi connectivity index (χ0v) is 18.4. The van der Waals surface area contributed by atoms with Crippen LogP contribution in [0.1, 0.15) is 54.6 Å². The number of amides is 2. The SMILES string of the molecule is Cc1ccc(NC(=O)N2CCCC2c2nc(CCOCC3CCOCC3)no2)cc1C. The number of carbonyl (C=O) groups is 1. The number of rotatable bonds is 7. The second-order valence-electron chi connectivity index (χ2n) is 8.51. The Morgan fingerprint density at radius 2 is 2.06 bits per heavy atom. The van der Waals surface area contributed by atoms with Gasteiger partial charge >= 0.3 is 6.03 Å². The molecule has 8 heteroatoms. The van der Waals surface area contributed by atoms with Crippen LogP contribution < -0.4 is 5.32 Å². The van der Waals surface area contributed by atoms with Crippen molar-refractivity contribution in [3.63, 3.8) is 0 Å². The van der Waals surface area contributed by atoms with Crippen LogP contribution in [0.25, 0.3) is 0 Å². The lowest BCUT2D eigenvalue weighted by molar-refractivity contribution is 0.0211. The Labute approximate surface area is 183 Å². The highest BCUT2D eigenvalue weighted by molar-refractivity contribution is 5.89. The quantitative estimate of drug-likeness (QED) is 0.670. The Balaban J connectivity index is 1.28. The molecule has 0 spiro atoms. The first-order chi connectivity index (χ1) is 15.1. The van der Waals surface area contributed by atoms with Gasteiger partial charge < -0.3 is 24.2 Å². The zero-order valence-electron chi connectivity index (χ0n) is 18.4. The molecule has 1 unspecified atom stereocenters. The lowest BCUT2D eigenvalue weighted by Gasteiger charge is -2.22. The van der Waals surface area contributed by atoms with Crippen LogP contribution in [-0.2, 0) is 15.9 Å². The molecular formula is C23H32N4O4. The van der Waals surface area contributed by atoms with Crippen LogP contribution in [-0.4, -0.2) is 54.0 Å². The molecule has 1 atom stereocenters. The van der Waals surface area contributed by atoms with Crippen molar-refractivity contribution in [3.8, 4) is 0 Å². The van der Waals surface area contributed by atoms with Crippen molar-refractivity contribution in [2.45, 2.75) is 52.0 Å². The molecule has 4 rings (SSSR count). The topological polar surface area (TPSA) is 89.7 Å². The Kier molecular flexibility index (Phi) is 7.19. The van der Waals surface area contributed by atoms with E-state index in [-0.39, 0.29) is 12.1 Å². The fourth-order valence-corrected chi connectivity index (χ4v) is 4.11. The number of nitrogens with one attached hydrogen (secondary N) is 1. The maximum Gasteiger partial charge on any atom is 0.322 e. The summed E-state index contributed by atoms with van der Waals surface area (Å²) in [5, 5.41) is 7.10. The minimum atomic E-state index is -0.184. The third kappa shape index (κ3) is 5.62. The van der Waals surface area contributed by atoms with Crippen LogP contribution in [0.3, 0.4) is 0 Å². The maximum atomic E-state index is 12.9. The largest absolute Gasteiger partial charge is 0.381 e. The fraction of sp³-hybridized carbons (Fsp3) is 0.609. The van der Waals surface area contributed by atoms with Crippen LogP contribution in [0.5, 0.6) is 0 Å².